The maximum atomic E-state index is 12.4. The lowest BCUT2D eigenvalue weighted by atomic mass is 10.1. The first-order valence-electron chi connectivity index (χ1n) is 8.54. The number of carbonyl (C=O) groups excluding carboxylic acids is 1. The first-order chi connectivity index (χ1) is 12.9. The molecule has 27 heavy (non-hydrogen) atoms. The third-order valence-corrected chi connectivity index (χ3v) is 5.76. The molecule has 2 aromatic carbocycles. The van der Waals surface area contributed by atoms with Crippen LogP contribution in [0.15, 0.2) is 51.9 Å². The van der Waals surface area contributed by atoms with Gasteiger partial charge in [-0.1, -0.05) is 29.4 Å². The Morgan fingerprint density at radius 1 is 1.11 bits per heavy atom. The number of sulfonamides is 1. The molecule has 0 bridgehead atoms. The minimum Gasteiger partial charge on any atom is -0.356 e. The molecule has 0 spiro atoms. The van der Waals surface area contributed by atoms with Crippen LogP contribution < -0.4 is 10.0 Å². The van der Waals surface area contributed by atoms with Gasteiger partial charge in [0.2, 0.25) is 15.9 Å². The molecule has 3 rings (SSSR count). The smallest absolute Gasteiger partial charge is 0.240 e. The zero-order chi connectivity index (χ0) is 19.4. The molecular formula is C19H21N3O4S. The van der Waals surface area contributed by atoms with Gasteiger partial charge in [0, 0.05) is 18.5 Å². The first-order valence-corrected chi connectivity index (χ1v) is 10.0. The average Bonchev–Trinajstić information content (AvgIpc) is 3.04. The number of para-hydroxylation sites is 1. The highest BCUT2D eigenvalue weighted by molar-refractivity contribution is 7.89. The topological polar surface area (TPSA) is 101 Å². The largest absolute Gasteiger partial charge is 0.356 e. The molecular weight excluding hydrogens is 366 g/mol. The van der Waals surface area contributed by atoms with Gasteiger partial charge in [0.15, 0.2) is 5.58 Å². The summed E-state index contributed by atoms with van der Waals surface area (Å²) >= 11 is 0. The van der Waals surface area contributed by atoms with Crippen molar-refractivity contribution in [2.45, 2.75) is 25.2 Å². The van der Waals surface area contributed by atoms with Crippen molar-refractivity contribution in [2.24, 2.45) is 0 Å². The second-order valence-corrected chi connectivity index (χ2v) is 8.05. The van der Waals surface area contributed by atoms with Crippen LogP contribution in [0.2, 0.25) is 0 Å². The van der Waals surface area contributed by atoms with Gasteiger partial charge in [0.1, 0.15) is 5.69 Å². The van der Waals surface area contributed by atoms with Gasteiger partial charge in [-0.3, -0.25) is 4.79 Å². The van der Waals surface area contributed by atoms with Gasteiger partial charge < -0.3 is 9.84 Å². The molecule has 0 aliphatic carbocycles. The van der Waals surface area contributed by atoms with E-state index in [2.05, 4.69) is 15.2 Å². The van der Waals surface area contributed by atoms with E-state index in [0.29, 0.717) is 16.8 Å². The molecule has 0 atom stereocenters. The number of amides is 1. The van der Waals surface area contributed by atoms with E-state index in [-0.39, 0.29) is 30.3 Å². The van der Waals surface area contributed by atoms with Gasteiger partial charge in [-0.05, 0) is 43.2 Å². The van der Waals surface area contributed by atoms with Crippen molar-refractivity contribution in [1.82, 2.24) is 15.2 Å². The van der Waals surface area contributed by atoms with Crippen molar-refractivity contribution in [3.05, 3.63) is 59.3 Å². The lowest BCUT2D eigenvalue weighted by Gasteiger charge is -2.10. The summed E-state index contributed by atoms with van der Waals surface area (Å²) in [6, 6.07) is 12.6. The minimum atomic E-state index is -3.62. The lowest BCUT2D eigenvalue weighted by molar-refractivity contribution is -0.120. The monoisotopic (exact) mass is 387 g/mol. The van der Waals surface area contributed by atoms with E-state index < -0.39 is 10.0 Å². The molecule has 0 saturated heterocycles. The number of nitrogens with zero attached hydrogens (tertiary/aromatic N) is 1. The maximum absolute atomic E-state index is 12.4. The molecule has 0 unspecified atom stereocenters. The third kappa shape index (κ3) is 4.53. The molecule has 1 amide bonds. The van der Waals surface area contributed by atoms with Crippen molar-refractivity contribution in [3.8, 4) is 0 Å². The first kappa shape index (κ1) is 19.1. The van der Waals surface area contributed by atoms with Gasteiger partial charge in [-0.15, -0.1) is 0 Å². The highest BCUT2D eigenvalue weighted by Gasteiger charge is 2.17. The Hall–Kier alpha value is -2.71. The van der Waals surface area contributed by atoms with Crippen LogP contribution in [0.25, 0.3) is 11.0 Å². The van der Waals surface area contributed by atoms with Crippen molar-refractivity contribution >= 4 is 26.9 Å². The minimum absolute atomic E-state index is 0.0702. The van der Waals surface area contributed by atoms with Crippen LogP contribution in [0, 0.1) is 13.8 Å². The molecule has 142 valence electrons. The van der Waals surface area contributed by atoms with Crippen LogP contribution in [0.1, 0.15) is 16.8 Å². The standard InChI is InChI=1S/C19H21N3O4S/c1-13-7-8-14(2)18(11-13)27(24,25)21-10-9-20-19(23)12-16-15-5-3-4-6-17(15)26-22-16/h3-8,11,21H,9-10,12H2,1-2H3,(H,20,23). The van der Waals surface area contributed by atoms with Gasteiger partial charge in [-0.2, -0.15) is 0 Å². The van der Waals surface area contributed by atoms with Gasteiger partial charge in [-0.25, -0.2) is 13.1 Å². The summed E-state index contributed by atoms with van der Waals surface area (Å²) < 4.78 is 32.5. The Morgan fingerprint density at radius 2 is 1.89 bits per heavy atom. The fourth-order valence-corrected chi connectivity index (χ4v) is 4.10. The van der Waals surface area contributed by atoms with Crippen molar-refractivity contribution < 1.29 is 17.7 Å². The van der Waals surface area contributed by atoms with Crippen LogP contribution in [0.3, 0.4) is 0 Å². The number of aryl methyl sites for hydroxylation is 2. The molecule has 8 heteroatoms. The number of carbonyl (C=O) groups is 1. The molecule has 3 aromatic rings. The quantitative estimate of drug-likeness (QED) is 0.605. The summed E-state index contributed by atoms with van der Waals surface area (Å²) in [7, 11) is -3.62. The van der Waals surface area contributed by atoms with E-state index >= 15 is 0 Å². The Balaban J connectivity index is 1.52. The highest BCUT2D eigenvalue weighted by Crippen LogP contribution is 2.18. The number of aromatic nitrogens is 1. The molecule has 0 radical (unpaired) electrons. The van der Waals surface area contributed by atoms with Crippen LogP contribution in [-0.4, -0.2) is 32.6 Å². The Kier molecular flexibility index (Phi) is 5.57. The molecule has 0 aliphatic heterocycles. The molecule has 2 N–H and O–H groups in total. The van der Waals surface area contributed by atoms with Crippen LogP contribution in [-0.2, 0) is 21.2 Å². The molecule has 0 fully saturated rings. The number of hydrogen-bond acceptors (Lipinski definition) is 5. The van der Waals surface area contributed by atoms with Crippen molar-refractivity contribution in [3.63, 3.8) is 0 Å². The van der Waals surface area contributed by atoms with Crippen LogP contribution in [0.5, 0.6) is 0 Å². The number of hydrogen-bond donors (Lipinski definition) is 2. The third-order valence-electron chi connectivity index (χ3n) is 4.15. The zero-order valence-corrected chi connectivity index (χ0v) is 16.0. The SMILES string of the molecule is Cc1ccc(C)c(S(=O)(=O)NCCNC(=O)Cc2noc3ccccc23)c1. The predicted molar refractivity (Wildman–Crippen MR) is 102 cm³/mol. The summed E-state index contributed by atoms with van der Waals surface area (Å²) in [6.07, 6.45) is 0.0702. The van der Waals surface area contributed by atoms with Crippen LogP contribution in [0.4, 0.5) is 0 Å². The number of fused-ring (bicyclic) bond motifs is 1. The Morgan fingerprint density at radius 3 is 2.70 bits per heavy atom. The lowest BCUT2D eigenvalue weighted by Crippen LogP contribution is -2.35. The van der Waals surface area contributed by atoms with Crippen LogP contribution >= 0.6 is 0 Å². The second-order valence-electron chi connectivity index (χ2n) is 6.32. The van der Waals surface area contributed by atoms with E-state index in [1.54, 1.807) is 25.1 Å². The second kappa shape index (κ2) is 7.89. The molecule has 1 aromatic heterocycles. The fraction of sp³-hybridized carbons (Fsp3) is 0.263. The Bertz CT molecular complexity index is 1070. The molecule has 7 nitrogen and oxygen atoms in total. The van der Waals surface area contributed by atoms with E-state index in [9.17, 15) is 13.2 Å². The number of rotatable bonds is 7. The van der Waals surface area contributed by atoms with E-state index in [1.807, 2.05) is 31.2 Å². The molecule has 0 aliphatic rings. The average molecular weight is 387 g/mol. The van der Waals surface area contributed by atoms with E-state index in [1.165, 1.54) is 0 Å². The van der Waals surface area contributed by atoms with E-state index in [4.69, 9.17) is 4.52 Å². The fourth-order valence-electron chi connectivity index (χ4n) is 2.74. The van der Waals surface area contributed by atoms with Gasteiger partial charge in [0.25, 0.3) is 0 Å². The zero-order valence-electron chi connectivity index (χ0n) is 15.2. The summed E-state index contributed by atoms with van der Waals surface area (Å²) in [4.78, 5) is 12.3. The molecule has 1 heterocycles. The Labute approximate surface area is 157 Å². The number of nitrogens with one attached hydrogen (secondary N) is 2. The summed E-state index contributed by atoms with van der Waals surface area (Å²) in [5.41, 5.74) is 2.73. The maximum Gasteiger partial charge on any atom is 0.240 e. The van der Waals surface area contributed by atoms with E-state index in [0.717, 1.165) is 10.9 Å². The van der Waals surface area contributed by atoms with Crippen molar-refractivity contribution in [2.75, 3.05) is 13.1 Å². The molecule has 0 saturated carbocycles. The summed E-state index contributed by atoms with van der Waals surface area (Å²) in [5, 5.41) is 7.40. The highest BCUT2D eigenvalue weighted by atomic mass is 32.2. The van der Waals surface area contributed by atoms with Gasteiger partial charge in [0.05, 0.1) is 11.3 Å². The van der Waals surface area contributed by atoms with Crippen molar-refractivity contribution in [1.29, 1.82) is 0 Å². The normalized spacial score (nSPS) is 11.6. The number of benzene rings is 2. The predicted octanol–water partition coefficient (Wildman–Crippen LogP) is 2.08. The summed E-state index contributed by atoms with van der Waals surface area (Å²) in [5.74, 6) is -0.250. The van der Waals surface area contributed by atoms with Gasteiger partial charge >= 0.3 is 0 Å². The summed E-state index contributed by atoms with van der Waals surface area (Å²) in [6.45, 7) is 3.87.